The number of imidazole rings is 1. The molecule has 1 atom stereocenters. The van der Waals surface area contributed by atoms with Crippen LogP contribution in [-0.2, 0) is 6.42 Å². The first-order chi connectivity index (χ1) is 12.3. The largest absolute Gasteiger partial charge is 0.314 e. The van der Waals surface area contributed by atoms with Crippen LogP contribution in [0.15, 0.2) is 55.0 Å². The quantitative estimate of drug-likeness (QED) is 0.591. The lowest BCUT2D eigenvalue weighted by Crippen LogP contribution is -2.20. The van der Waals surface area contributed by atoms with Crippen LogP contribution >= 0.6 is 0 Å². The molecule has 2 aliphatic carbocycles. The van der Waals surface area contributed by atoms with Crippen molar-refractivity contribution in [3.05, 3.63) is 66.1 Å². The van der Waals surface area contributed by atoms with Crippen LogP contribution in [-0.4, -0.2) is 16.1 Å². The molecule has 1 N–H and O–H groups in total. The molecule has 1 unspecified atom stereocenters. The summed E-state index contributed by atoms with van der Waals surface area (Å²) in [6.07, 6.45) is 9.46. The molecule has 0 amide bonds. The maximum Gasteiger partial charge on any atom is 0.0964 e. The van der Waals surface area contributed by atoms with Gasteiger partial charge in [0.05, 0.1) is 24.4 Å². The molecule has 3 nitrogen and oxygen atoms in total. The van der Waals surface area contributed by atoms with Crippen LogP contribution < -0.4 is 5.32 Å². The zero-order chi connectivity index (χ0) is 16.4. The summed E-state index contributed by atoms with van der Waals surface area (Å²) in [5, 5.41) is 3.71. The average Bonchev–Trinajstić information content (AvgIpc) is 3.02. The van der Waals surface area contributed by atoms with Crippen molar-refractivity contribution >= 4 is 0 Å². The van der Waals surface area contributed by atoms with Crippen molar-refractivity contribution in [1.82, 2.24) is 14.9 Å². The topological polar surface area (TPSA) is 29.9 Å². The molecule has 3 aliphatic rings. The zero-order valence-electron chi connectivity index (χ0n) is 14.2. The number of rotatable bonds is 2. The second-order valence-corrected chi connectivity index (χ2v) is 7.99. The highest BCUT2D eigenvalue weighted by Gasteiger charge is 2.48. The van der Waals surface area contributed by atoms with Gasteiger partial charge in [-0.2, -0.15) is 0 Å². The molecule has 0 bridgehead atoms. The summed E-state index contributed by atoms with van der Waals surface area (Å²) < 4.78 is 2.34. The third kappa shape index (κ3) is 2.05. The van der Waals surface area contributed by atoms with Gasteiger partial charge in [0.15, 0.2) is 0 Å². The number of aromatic nitrogens is 2. The lowest BCUT2D eigenvalue weighted by atomic mass is 10.0. The fraction of sp³-hybridized carbons (Fsp3) is 0.318. The van der Waals surface area contributed by atoms with Crippen molar-refractivity contribution in [3.8, 4) is 22.4 Å². The summed E-state index contributed by atoms with van der Waals surface area (Å²) in [4.78, 5) is 4.47. The van der Waals surface area contributed by atoms with E-state index in [2.05, 4.69) is 57.3 Å². The molecule has 1 saturated heterocycles. The van der Waals surface area contributed by atoms with Gasteiger partial charge in [0.1, 0.15) is 0 Å². The standard InChI is InChI=1S/C22H21N3/c1-2-4-18-15(3-1)9-17-10-16(5-6-19(17)18)20-12-23-14-25(20)21-11-22(7-8-22)13-24-21/h1-6,10,12,14,21,24H,7-9,11,13H2. The molecule has 2 aromatic carbocycles. The first kappa shape index (κ1) is 13.9. The van der Waals surface area contributed by atoms with Gasteiger partial charge < -0.3 is 4.57 Å². The van der Waals surface area contributed by atoms with Gasteiger partial charge in [-0.05, 0) is 59.4 Å². The number of benzene rings is 2. The van der Waals surface area contributed by atoms with Crippen molar-refractivity contribution in [2.24, 2.45) is 5.41 Å². The summed E-state index contributed by atoms with van der Waals surface area (Å²) in [6.45, 7) is 1.16. The van der Waals surface area contributed by atoms with E-state index in [-0.39, 0.29) is 0 Å². The Bertz CT molecular complexity index is 980. The molecule has 3 heteroatoms. The molecule has 1 spiro atoms. The van der Waals surface area contributed by atoms with Crippen molar-refractivity contribution in [1.29, 1.82) is 0 Å². The number of hydrogen-bond acceptors (Lipinski definition) is 2. The second kappa shape index (κ2) is 4.83. The first-order valence-electron chi connectivity index (χ1n) is 9.28. The summed E-state index contributed by atoms with van der Waals surface area (Å²) in [5.41, 5.74) is 8.76. The fourth-order valence-electron chi connectivity index (χ4n) is 4.72. The third-order valence-electron chi connectivity index (χ3n) is 6.39. The van der Waals surface area contributed by atoms with Gasteiger partial charge >= 0.3 is 0 Å². The molecular formula is C22H21N3. The maximum atomic E-state index is 4.47. The monoisotopic (exact) mass is 327 g/mol. The van der Waals surface area contributed by atoms with Gasteiger partial charge in [-0.25, -0.2) is 4.98 Å². The molecule has 6 rings (SSSR count). The molecule has 2 fully saturated rings. The Kier molecular flexibility index (Phi) is 2.67. The number of nitrogens with zero attached hydrogens (tertiary/aromatic N) is 2. The highest BCUT2D eigenvalue weighted by molar-refractivity contribution is 5.79. The SMILES string of the molecule is c1ccc2c(c1)Cc1cc(-c3cncn3C3CC4(CC4)CN3)ccc1-2. The smallest absolute Gasteiger partial charge is 0.0964 e. The van der Waals surface area contributed by atoms with Gasteiger partial charge in [0.25, 0.3) is 0 Å². The molecule has 1 saturated carbocycles. The van der Waals surface area contributed by atoms with Crippen LogP contribution in [0.25, 0.3) is 22.4 Å². The summed E-state index contributed by atoms with van der Waals surface area (Å²) >= 11 is 0. The van der Waals surface area contributed by atoms with Crippen LogP contribution in [0.4, 0.5) is 0 Å². The lowest BCUT2D eigenvalue weighted by Gasteiger charge is -2.16. The molecule has 3 aromatic rings. The van der Waals surface area contributed by atoms with Gasteiger partial charge in [0, 0.05) is 12.1 Å². The van der Waals surface area contributed by atoms with E-state index in [1.165, 1.54) is 52.8 Å². The van der Waals surface area contributed by atoms with Crippen LogP contribution in [0.5, 0.6) is 0 Å². The Morgan fingerprint density at radius 2 is 1.92 bits per heavy atom. The Morgan fingerprint density at radius 3 is 2.80 bits per heavy atom. The van der Waals surface area contributed by atoms with Crippen LogP contribution in [0.3, 0.4) is 0 Å². The molecule has 1 aliphatic heterocycles. The second-order valence-electron chi connectivity index (χ2n) is 7.99. The van der Waals surface area contributed by atoms with Gasteiger partial charge in [-0.1, -0.05) is 36.4 Å². The van der Waals surface area contributed by atoms with Gasteiger partial charge in [0.2, 0.25) is 0 Å². The van der Waals surface area contributed by atoms with E-state index in [1.54, 1.807) is 0 Å². The van der Waals surface area contributed by atoms with Crippen molar-refractivity contribution in [3.63, 3.8) is 0 Å². The number of nitrogens with one attached hydrogen (secondary N) is 1. The highest BCUT2D eigenvalue weighted by atomic mass is 15.2. The van der Waals surface area contributed by atoms with E-state index in [0.29, 0.717) is 11.6 Å². The Morgan fingerprint density at radius 1 is 1.04 bits per heavy atom. The maximum absolute atomic E-state index is 4.47. The normalized spacial score (nSPS) is 22.2. The lowest BCUT2D eigenvalue weighted by molar-refractivity contribution is 0.449. The van der Waals surface area contributed by atoms with E-state index in [0.717, 1.165) is 13.0 Å². The highest BCUT2D eigenvalue weighted by Crippen LogP contribution is 2.54. The predicted molar refractivity (Wildman–Crippen MR) is 99.2 cm³/mol. The van der Waals surface area contributed by atoms with Crippen LogP contribution in [0.2, 0.25) is 0 Å². The molecule has 124 valence electrons. The summed E-state index contributed by atoms with van der Waals surface area (Å²) in [6, 6.07) is 15.7. The zero-order valence-corrected chi connectivity index (χ0v) is 14.2. The van der Waals surface area contributed by atoms with E-state index in [9.17, 15) is 0 Å². The molecule has 2 heterocycles. The molecule has 0 radical (unpaired) electrons. The molecule has 1 aromatic heterocycles. The van der Waals surface area contributed by atoms with E-state index < -0.39 is 0 Å². The van der Waals surface area contributed by atoms with Crippen LogP contribution in [0, 0.1) is 5.41 Å². The number of hydrogen-bond donors (Lipinski definition) is 1. The minimum Gasteiger partial charge on any atom is -0.314 e. The minimum absolute atomic E-state index is 0.394. The molecule has 25 heavy (non-hydrogen) atoms. The summed E-state index contributed by atoms with van der Waals surface area (Å²) in [5.74, 6) is 0. The van der Waals surface area contributed by atoms with Crippen molar-refractivity contribution in [2.75, 3.05) is 6.54 Å². The van der Waals surface area contributed by atoms with Crippen LogP contribution in [0.1, 0.15) is 36.6 Å². The number of fused-ring (bicyclic) bond motifs is 3. The van der Waals surface area contributed by atoms with E-state index >= 15 is 0 Å². The van der Waals surface area contributed by atoms with Gasteiger partial charge in [-0.3, -0.25) is 5.32 Å². The Labute approximate surface area is 147 Å². The van der Waals surface area contributed by atoms with Gasteiger partial charge in [-0.15, -0.1) is 0 Å². The third-order valence-corrected chi connectivity index (χ3v) is 6.39. The van der Waals surface area contributed by atoms with Crippen molar-refractivity contribution in [2.45, 2.75) is 31.8 Å². The van der Waals surface area contributed by atoms with E-state index in [1.807, 2.05) is 12.5 Å². The summed E-state index contributed by atoms with van der Waals surface area (Å²) in [7, 11) is 0. The van der Waals surface area contributed by atoms with Crippen molar-refractivity contribution < 1.29 is 0 Å². The minimum atomic E-state index is 0.394. The Hall–Kier alpha value is -2.39. The molecular weight excluding hydrogens is 306 g/mol. The van der Waals surface area contributed by atoms with E-state index in [4.69, 9.17) is 0 Å². The fourth-order valence-corrected chi connectivity index (χ4v) is 4.72. The Balaban J connectivity index is 1.38. The average molecular weight is 327 g/mol. The first-order valence-corrected chi connectivity index (χ1v) is 9.28. The predicted octanol–water partition coefficient (Wildman–Crippen LogP) is 4.39.